The molecule has 1 rings (SSSR count). The molecule has 0 aliphatic rings. The van der Waals surface area contributed by atoms with E-state index in [1.807, 2.05) is 0 Å². The van der Waals surface area contributed by atoms with Crippen molar-refractivity contribution < 1.29 is 19.1 Å². The summed E-state index contributed by atoms with van der Waals surface area (Å²) in [6.45, 7) is -0.466. The van der Waals surface area contributed by atoms with E-state index in [-0.39, 0.29) is 12.0 Å². The number of halogens is 1. The van der Waals surface area contributed by atoms with Gasteiger partial charge in [-0.2, -0.15) is 0 Å². The molecular formula is C10H9FO3. The van der Waals surface area contributed by atoms with Crippen molar-refractivity contribution in [1.29, 1.82) is 0 Å². The van der Waals surface area contributed by atoms with Gasteiger partial charge in [-0.05, 0) is 5.56 Å². The smallest absolute Gasteiger partial charge is 0.377 e. The predicted molar refractivity (Wildman–Crippen MR) is 48.1 cm³/mol. The Morgan fingerprint density at radius 2 is 1.79 bits per heavy atom. The van der Waals surface area contributed by atoms with E-state index >= 15 is 0 Å². The molecule has 0 aliphatic carbocycles. The number of alkyl halides is 1. The molecule has 0 heterocycles. The van der Waals surface area contributed by atoms with Gasteiger partial charge in [0, 0.05) is 12.0 Å². The first-order valence-corrected chi connectivity index (χ1v) is 4.07. The van der Waals surface area contributed by atoms with Crippen molar-refractivity contribution in [1.82, 2.24) is 0 Å². The molecule has 0 atom stereocenters. The van der Waals surface area contributed by atoms with Crippen LogP contribution in [0.2, 0.25) is 0 Å². The minimum absolute atomic E-state index is 0.111. The molecule has 14 heavy (non-hydrogen) atoms. The quantitative estimate of drug-likeness (QED) is 0.586. The maximum Gasteiger partial charge on any atom is 0.377 e. The predicted octanol–water partition coefficient (Wildman–Crippen LogP) is 1.47. The molecule has 0 spiro atoms. The van der Waals surface area contributed by atoms with Gasteiger partial charge < -0.3 is 5.11 Å². The molecule has 4 heteroatoms. The zero-order valence-corrected chi connectivity index (χ0v) is 7.37. The van der Waals surface area contributed by atoms with Crippen LogP contribution in [0.4, 0.5) is 4.39 Å². The molecule has 74 valence electrons. The van der Waals surface area contributed by atoms with E-state index in [2.05, 4.69) is 0 Å². The zero-order chi connectivity index (χ0) is 10.6. The summed E-state index contributed by atoms with van der Waals surface area (Å²) in [6.07, 6.45) is 0.279. The molecule has 0 saturated carbocycles. The highest BCUT2D eigenvalue weighted by Gasteiger charge is 2.13. The molecule has 0 bridgehead atoms. The van der Waals surface area contributed by atoms with Gasteiger partial charge in [0.2, 0.25) is 0 Å². The van der Waals surface area contributed by atoms with Crippen molar-refractivity contribution in [2.45, 2.75) is 6.42 Å². The lowest BCUT2D eigenvalue weighted by atomic mass is 10.1. The number of aryl methyl sites for hydroxylation is 1. The Morgan fingerprint density at radius 1 is 1.21 bits per heavy atom. The maximum atomic E-state index is 11.9. The lowest BCUT2D eigenvalue weighted by molar-refractivity contribution is -0.131. The number of carbonyl (C=O) groups excluding carboxylic acids is 1. The van der Waals surface area contributed by atoms with Crippen LogP contribution in [0.1, 0.15) is 15.9 Å². The van der Waals surface area contributed by atoms with Crippen molar-refractivity contribution in [2.75, 3.05) is 6.67 Å². The van der Waals surface area contributed by atoms with Crippen molar-refractivity contribution in [2.24, 2.45) is 0 Å². The fourth-order valence-electron chi connectivity index (χ4n) is 1.06. The monoisotopic (exact) mass is 196 g/mol. The van der Waals surface area contributed by atoms with Crippen LogP contribution in [-0.4, -0.2) is 23.5 Å². The van der Waals surface area contributed by atoms with Crippen LogP contribution < -0.4 is 0 Å². The first kappa shape index (κ1) is 10.4. The summed E-state index contributed by atoms with van der Waals surface area (Å²) in [7, 11) is 0. The van der Waals surface area contributed by atoms with Crippen LogP contribution in [0, 0.1) is 0 Å². The van der Waals surface area contributed by atoms with Gasteiger partial charge in [-0.15, -0.1) is 0 Å². The standard InChI is InChI=1S/C10H9FO3/c11-6-5-7-1-3-8(4-2-7)9(12)10(13)14/h1-4H,5-6H2,(H,13,14). The summed E-state index contributed by atoms with van der Waals surface area (Å²) in [5.41, 5.74) is 0.856. The highest BCUT2D eigenvalue weighted by Crippen LogP contribution is 2.06. The number of rotatable bonds is 4. The van der Waals surface area contributed by atoms with Gasteiger partial charge in [0.05, 0.1) is 6.67 Å². The van der Waals surface area contributed by atoms with Gasteiger partial charge >= 0.3 is 5.97 Å². The third-order valence-electron chi connectivity index (χ3n) is 1.79. The minimum atomic E-state index is -1.48. The molecule has 0 saturated heterocycles. The molecule has 0 amide bonds. The van der Waals surface area contributed by atoms with Gasteiger partial charge in [-0.1, -0.05) is 24.3 Å². The third kappa shape index (κ3) is 2.39. The van der Waals surface area contributed by atoms with Gasteiger partial charge in [-0.3, -0.25) is 9.18 Å². The van der Waals surface area contributed by atoms with Crippen molar-refractivity contribution >= 4 is 11.8 Å². The number of ketones is 1. The van der Waals surface area contributed by atoms with Crippen LogP contribution in [0.25, 0.3) is 0 Å². The Bertz CT molecular complexity index is 343. The highest BCUT2D eigenvalue weighted by molar-refractivity contribution is 6.39. The molecule has 0 aliphatic heterocycles. The molecule has 1 aromatic carbocycles. The topological polar surface area (TPSA) is 54.4 Å². The summed E-state index contributed by atoms with van der Waals surface area (Å²) in [5.74, 6) is -2.43. The molecule has 1 N–H and O–H groups in total. The molecule has 0 fully saturated rings. The second-order valence-corrected chi connectivity index (χ2v) is 2.77. The summed E-state index contributed by atoms with van der Waals surface area (Å²) in [6, 6.07) is 5.88. The van der Waals surface area contributed by atoms with Crippen LogP contribution >= 0.6 is 0 Å². The molecule has 1 aromatic rings. The SMILES string of the molecule is O=C(O)C(=O)c1ccc(CCF)cc1. The first-order chi connectivity index (χ1) is 6.65. The average Bonchev–Trinajstić information content (AvgIpc) is 2.18. The third-order valence-corrected chi connectivity index (χ3v) is 1.79. The number of benzene rings is 1. The number of Topliss-reactive ketones (excluding diaryl/α,β-unsaturated/α-hetero) is 1. The number of carbonyl (C=O) groups is 2. The lowest BCUT2D eigenvalue weighted by Gasteiger charge is -1.98. The summed E-state index contributed by atoms with van der Waals surface area (Å²) < 4.78 is 11.9. The fraction of sp³-hybridized carbons (Fsp3) is 0.200. The largest absolute Gasteiger partial charge is 0.475 e. The van der Waals surface area contributed by atoms with E-state index in [1.165, 1.54) is 12.1 Å². The van der Waals surface area contributed by atoms with E-state index in [1.54, 1.807) is 12.1 Å². The van der Waals surface area contributed by atoms with E-state index in [0.717, 1.165) is 5.56 Å². The van der Waals surface area contributed by atoms with E-state index < -0.39 is 18.4 Å². The number of hydrogen-bond acceptors (Lipinski definition) is 2. The Morgan fingerprint density at radius 3 is 2.21 bits per heavy atom. The Hall–Kier alpha value is -1.71. The fourth-order valence-corrected chi connectivity index (χ4v) is 1.06. The normalized spacial score (nSPS) is 9.79. The minimum Gasteiger partial charge on any atom is -0.475 e. The molecule has 3 nitrogen and oxygen atoms in total. The van der Waals surface area contributed by atoms with Gasteiger partial charge in [0.15, 0.2) is 0 Å². The highest BCUT2D eigenvalue weighted by atomic mass is 19.1. The van der Waals surface area contributed by atoms with Crippen LogP contribution in [0.15, 0.2) is 24.3 Å². The Labute approximate surface area is 80.2 Å². The maximum absolute atomic E-state index is 11.9. The summed E-state index contributed by atoms with van der Waals surface area (Å²) in [4.78, 5) is 21.2. The van der Waals surface area contributed by atoms with E-state index in [4.69, 9.17) is 5.11 Å². The number of aliphatic carboxylic acids is 1. The van der Waals surface area contributed by atoms with Gasteiger partial charge in [0.25, 0.3) is 5.78 Å². The average molecular weight is 196 g/mol. The molecular weight excluding hydrogens is 187 g/mol. The van der Waals surface area contributed by atoms with Crippen molar-refractivity contribution in [3.8, 4) is 0 Å². The molecule has 0 unspecified atom stereocenters. The Kier molecular flexibility index (Phi) is 3.34. The summed E-state index contributed by atoms with van der Waals surface area (Å²) >= 11 is 0. The van der Waals surface area contributed by atoms with Crippen LogP contribution in [-0.2, 0) is 11.2 Å². The van der Waals surface area contributed by atoms with Crippen LogP contribution in [0.5, 0.6) is 0 Å². The Balaban J connectivity index is 2.83. The molecule has 0 aromatic heterocycles. The lowest BCUT2D eigenvalue weighted by Crippen LogP contribution is -2.12. The zero-order valence-electron chi connectivity index (χ0n) is 7.37. The van der Waals surface area contributed by atoms with Crippen LogP contribution in [0.3, 0.4) is 0 Å². The first-order valence-electron chi connectivity index (χ1n) is 4.07. The second kappa shape index (κ2) is 4.50. The van der Waals surface area contributed by atoms with Gasteiger partial charge in [-0.25, -0.2) is 4.79 Å². The van der Waals surface area contributed by atoms with E-state index in [0.29, 0.717) is 0 Å². The number of hydrogen-bond donors (Lipinski definition) is 1. The second-order valence-electron chi connectivity index (χ2n) is 2.77. The number of carboxylic acid groups (broad SMARTS) is 1. The van der Waals surface area contributed by atoms with Gasteiger partial charge in [0.1, 0.15) is 0 Å². The number of carboxylic acids is 1. The molecule has 0 radical (unpaired) electrons. The van der Waals surface area contributed by atoms with E-state index in [9.17, 15) is 14.0 Å². The van der Waals surface area contributed by atoms with Crippen molar-refractivity contribution in [3.63, 3.8) is 0 Å². The van der Waals surface area contributed by atoms with Crippen molar-refractivity contribution in [3.05, 3.63) is 35.4 Å². The summed E-state index contributed by atoms with van der Waals surface area (Å²) in [5, 5.41) is 8.40.